The summed E-state index contributed by atoms with van der Waals surface area (Å²) in [5.74, 6) is 0.0327. The van der Waals surface area contributed by atoms with Crippen molar-refractivity contribution in [3.63, 3.8) is 0 Å². The maximum Gasteiger partial charge on any atom is 0.306 e. The molecule has 0 radical (unpaired) electrons. The van der Waals surface area contributed by atoms with Crippen molar-refractivity contribution in [2.45, 2.75) is 37.5 Å². The second kappa shape index (κ2) is 10.5. The van der Waals surface area contributed by atoms with Crippen LogP contribution in [0.1, 0.15) is 42.6 Å². The highest BCUT2D eigenvalue weighted by atomic mass is 32.2. The Morgan fingerprint density at radius 3 is 2.59 bits per heavy atom. The highest BCUT2D eigenvalue weighted by Gasteiger charge is 2.21. The van der Waals surface area contributed by atoms with E-state index in [0.29, 0.717) is 29.9 Å². The van der Waals surface area contributed by atoms with E-state index in [-0.39, 0.29) is 29.6 Å². The van der Waals surface area contributed by atoms with E-state index < -0.39 is 16.0 Å². The van der Waals surface area contributed by atoms with Gasteiger partial charge in [-0.25, -0.2) is 12.7 Å². The van der Waals surface area contributed by atoms with Crippen molar-refractivity contribution in [1.82, 2.24) is 4.31 Å². The molecule has 158 valence electrons. The summed E-state index contributed by atoms with van der Waals surface area (Å²) in [5, 5.41) is 1.70. The van der Waals surface area contributed by atoms with E-state index in [1.54, 1.807) is 35.7 Å². The van der Waals surface area contributed by atoms with Gasteiger partial charge in [-0.05, 0) is 49.9 Å². The van der Waals surface area contributed by atoms with Crippen molar-refractivity contribution >= 4 is 33.1 Å². The topological polar surface area (TPSA) is 90.0 Å². The first-order valence-corrected chi connectivity index (χ1v) is 11.5. The Hall–Kier alpha value is -2.23. The van der Waals surface area contributed by atoms with Crippen LogP contribution in [0.4, 0.5) is 0 Å². The predicted octanol–water partition coefficient (Wildman–Crippen LogP) is 3.49. The largest absolute Gasteiger partial charge is 0.493 e. The summed E-state index contributed by atoms with van der Waals surface area (Å²) in [6.07, 6.45) is 0.423. The molecule has 0 saturated heterocycles. The van der Waals surface area contributed by atoms with Crippen molar-refractivity contribution < 1.29 is 27.5 Å². The molecule has 0 fully saturated rings. The number of rotatable bonds is 11. The van der Waals surface area contributed by atoms with Gasteiger partial charge in [0.05, 0.1) is 6.61 Å². The van der Waals surface area contributed by atoms with E-state index in [4.69, 9.17) is 9.47 Å². The highest BCUT2D eigenvalue weighted by Crippen LogP contribution is 2.22. The third-order valence-electron chi connectivity index (χ3n) is 4.17. The van der Waals surface area contributed by atoms with Crippen LogP contribution in [0, 0.1) is 0 Å². The predicted molar refractivity (Wildman–Crippen MR) is 111 cm³/mol. The molecule has 0 aliphatic heterocycles. The number of Topliss-reactive ketones (excluding diaryl/α,β-unsaturated/α-hetero) is 1. The zero-order chi connectivity index (χ0) is 21.4. The van der Waals surface area contributed by atoms with Crippen LogP contribution in [-0.2, 0) is 26.2 Å². The van der Waals surface area contributed by atoms with Gasteiger partial charge in [0.2, 0.25) is 0 Å². The van der Waals surface area contributed by atoms with Crippen molar-refractivity contribution in [3.8, 4) is 5.75 Å². The number of hydrogen-bond donors (Lipinski definition) is 0. The molecule has 2 aromatic rings. The van der Waals surface area contributed by atoms with Gasteiger partial charge in [0.25, 0.3) is 10.0 Å². The Labute approximate surface area is 175 Å². The number of benzene rings is 1. The van der Waals surface area contributed by atoms with Crippen molar-refractivity contribution in [2.24, 2.45) is 0 Å². The fourth-order valence-corrected chi connectivity index (χ4v) is 4.98. The van der Waals surface area contributed by atoms with Crippen LogP contribution in [0.2, 0.25) is 0 Å². The number of carbonyl (C=O) groups is 2. The Morgan fingerprint density at radius 2 is 1.97 bits per heavy atom. The van der Waals surface area contributed by atoms with Crippen LogP contribution >= 0.6 is 11.3 Å². The van der Waals surface area contributed by atoms with E-state index in [0.717, 1.165) is 11.3 Å². The van der Waals surface area contributed by atoms with Crippen molar-refractivity contribution in [3.05, 3.63) is 46.8 Å². The third-order valence-corrected chi connectivity index (χ3v) is 7.40. The second-order valence-electron chi connectivity index (χ2n) is 6.33. The number of nitrogens with zero attached hydrogens (tertiary/aromatic N) is 1. The van der Waals surface area contributed by atoms with E-state index in [1.165, 1.54) is 18.3 Å². The molecule has 1 heterocycles. The maximum absolute atomic E-state index is 12.3. The van der Waals surface area contributed by atoms with E-state index in [9.17, 15) is 18.0 Å². The van der Waals surface area contributed by atoms with Gasteiger partial charge in [-0.3, -0.25) is 9.59 Å². The van der Waals surface area contributed by atoms with Gasteiger partial charge in [0, 0.05) is 31.1 Å². The Kier molecular flexibility index (Phi) is 8.36. The number of ether oxygens (including phenoxy) is 2. The summed E-state index contributed by atoms with van der Waals surface area (Å²) < 4.78 is 37.0. The molecule has 0 spiro atoms. The van der Waals surface area contributed by atoms with Crippen molar-refractivity contribution in [2.75, 3.05) is 20.2 Å². The number of hydrogen-bond acceptors (Lipinski definition) is 7. The van der Waals surface area contributed by atoms with Crippen LogP contribution in [0.3, 0.4) is 0 Å². The van der Waals surface area contributed by atoms with Crippen LogP contribution in [0.15, 0.2) is 39.9 Å². The minimum Gasteiger partial charge on any atom is -0.493 e. The van der Waals surface area contributed by atoms with Crippen LogP contribution < -0.4 is 4.74 Å². The lowest BCUT2D eigenvalue weighted by molar-refractivity contribution is -0.145. The Bertz CT molecular complexity index is 938. The highest BCUT2D eigenvalue weighted by molar-refractivity contribution is 7.91. The molecule has 0 N–H and O–H groups in total. The van der Waals surface area contributed by atoms with Crippen LogP contribution in [0.5, 0.6) is 5.75 Å². The van der Waals surface area contributed by atoms with E-state index in [2.05, 4.69) is 0 Å². The minimum absolute atomic E-state index is 0.0153. The Balaban J connectivity index is 1.87. The van der Waals surface area contributed by atoms with Gasteiger partial charge in [-0.2, -0.15) is 0 Å². The van der Waals surface area contributed by atoms with Crippen molar-refractivity contribution in [1.29, 1.82) is 0 Å². The summed E-state index contributed by atoms with van der Waals surface area (Å²) in [6.45, 7) is 3.95. The molecule has 0 amide bonds. The fraction of sp³-hybridized carbons (Fsp3) is 0.400. The first kappa shape index (κ1) is 23.1. The molecule has 7 nitrogen and oxygen atoms in total. The Morgan fingerprint density at radius 1 is 1.21 bits per heavy atom. The summed E-state index contributed by atoms with van der Waals surface area (Å²) >= 11 is 1.15. The molecule has 0 aliphatic carbocycles. The quantitative estimate of drug-likeness (QED) is 0.393. The van der Waals surface area contributed by atoms with Crippen LogP contribution in [-0.4, -0.2) is 44.7 Å². The standard InChI is InChI=1S/C20H25NO6S2/c1-4-26-18-10-9-16(15(2)22)13-17(18)14-27-19(23)7-5-11-21(3)29(24,25)20-8-6-12-28-20/h6,8-10,12-13H,4-5,7,11,14H2,1-3H3. The molecule has 2 rings (SSSR count). The number of carbonyl (C=O) groups excluding carboxylic acids is 2. The third kappa shape index (κ3) is 6.38. The van der Waals surface area contributed by atoms with Gasteiger partial charge in [0.15, 0.2) is 5.78 Å². The summed E-state index contributed by atoms with van der Waals surface area (Å²) in [7, 11) is -2.03. The molecule has 1 aromatic carbocycles. The smallest absolute Gasteiger partial charge is 0.306 e. The van der Waals surface area contributed by atoms with Gasteiger partial charge < -0.3 is 9.47 Å². The molecule has 1 aromatic heterocycles. The van der Waals surface area contributed by atoms with Gasteiger partial charge in [-0.1, -0.05) is 6.07 Å². The molecule has 0 saturated carbocycles. The molecular formula is C20H25NO6S2. The maximum atomic E-state index is 12.3. The van der Waals surface area contributed by atoms with E-state index >= 15 is 0 Å². The number of ketones is 1. The van der Waals surface area contributed by atoms with Gasteiger partial charge in [-0.15, -0.1) is 11.3 Å². The van der Waals surface area contributed by atoms with Gasteiger partial charge in [0.1, 0.15) is 16.6 Å². The number of sulfonamides is 1. The first-order chi connectivity index (χ1) is 13.8. The fourth-order valence-electron chi connectivity index (χ4n) is 2.57. The molecule has 0 bridgehead atoms. The summed E-state index contributed by atoms with van der Waals surface area (Å²) in [6, 6.07) is 8.24. The summed E-state index contributed by atoms with van der Waals surface area (Å²) in [5.41, 5.74) is 1.13. The monoisotopic (exact) mass is 439 g/mol. The summed E-state index contributed by atoms with van der Waals surface area (Å²) in [4.78, 5) is 23.6. The number of thiophene rings is 1. The first-order valence-electron chi connectivity index (χ1n) is 9.17. The number of esters is 1. The molecule has 0 aliphatic rings. The second-order valence-corrected chi connectivity index (χ2v) is 9.55. The molecule has 0 unspecified atom stereocenters. The average Bonchev–Trinajstić information content (AvgIpc) is 3.22. The zero-order valence-corrected chi connectivity index (χ0v) is 18.3. The van der Waals surface area contributed by atoms with Crippen LogP contribution in [0.25, 0.3) is 0 Å². The molecule has 29 heavy (non-hydrogen) atoms. The average molecular weight is 440 g/mol. The van der Waals surface area contributed by atoms with Gasteiger partial charge >= 0.3 is 5.97 Å². The lowest BCUT2D eigenvalue weighted by atomic mass is 10.1. The molecule has 0 atom stereocenters. The zero-order valence-electron chi connectivity index (χ0n) is 16.7. The normalized spacial score (nSPS) is 11.4. The lowest BCUT2D eigenvalue weighted by Gasteiger charge is -2.16. The molecule has 9 heteroatoms. The minimum atomic E-state index is -3.52. The lowest BCUT2D eigenvalue weighted by Crippen LogP contribution is -2.27. The van der Waals surface area contributed by atoms with E-state index in [1.807, 2.05) is 6.92 Å². The molecular weight excluding hydrogens is 414 g/mol. The SMILES string of the molecule is CCOc1ccc(C(C)=O)cc1COC(=O)CCCN(C)S(=O)(=O)c1cccs1.